The van der Waals surface area contributed by atoms with Crippen LogP contribution in [0.5, 0.6) is 0 Å². The van der Waals surface area contributed by atoms with E-state index >= 15 is 0 Å². The first kappa shape index (κ1) is 13.8. The van der Waals surface area contributed by atoms with E-state index in [4.69, 9.17) is 4.74 Å². The van der Waals surface area contributed by atoms with Gasteiger partial charge in [0.1, 0.15) is 0 Å². The maximum absolute atomic E-state index is 12.1. The standard InChI is InChI=1S/C13H24N2O3/c1-18-10-6-12(14-7-10)13(17)15-11-5-3-2-4-9(11)8-16/h9-12,14,16H,2-8H2,1H3,(H,15,17). The number of methoxy groups -OCH3 is 1. The molecule has 0 spiro atoms. The normalized spacial score (nSPS) is 36.6. The van der Waals surface area contributed by atoms with Gasteiger partial charge in [-0.25, -0.2) is 0 Å². The molecule has 0 aromatic carbocycles. The molecule has 1 aliphatic carbocycles. The van der Waals surface area contributed by atoms with Crippen LogP contribution in [0.3, 0.4) is 0 Å². The van der Waals surface area contributed by atoms with Crippen LogP contribution in [0, 0.1) is 5.92 Å². The highest BCUT2D eigenvalue weighted by Gasteiger charge is 2.32. The number of hydrogen-bond acceptors (Lipinski definition) is 4. The van der Waals surface area contributed by atoms with Crippen molar-refractivity contribution < 1.29 is 14.6 Å². The molecule has 3 N–H and O–H groups in total. The van der Waals surface area contributed by atoms with Gasteiger partial charge in [0.05, 0.1) is 12.1 Å². The van der Waals surface area contributed by atoms with E-state index in [2.05, 4.69) is 10.6 Å². The minimum Gasteiger partial charge on any atom is -0.396 e. The van der Waals surface area contributed by atoms with Crippen molar-refractivity contribution >= 4 is 5.91 Å². The van der Waals surface area contributed by atoms with Crippen LogP contribution >= 0.6 is 0 Å². The molecule has 1 aliphatic heterocycles. The number of aliphatic hydroxyl groups excluding tert-OH is 1. The summed E-state index contributed by atoms with van der Waals surface area (Å²) >= 11 is 0. The molecule has 1 heterocycles. The lowest BCUT2D eigenvalue weighted by atomic mass is 9.85. The Labute approximate surface area is 108 Å². The molecule has 2 fully saturated rings. The molecule has 5 heteroatoms. The molecule has 2 rings (SSSR count). The van der Waals surface area contributed by atoms with Gasteiger partial charge < -0.3 is 20.5 Å². The monoisotopic (exact) mass is 256 g/mol. The van der Waals surface area contributed by atoms with Gasteiger partial charge in [-0.15, -0.1) is 0 Å². The largest absolute Gasteiger partial charge is 0.396 e. The maximum Gasteiger partial charge on any atom is 0.237 e. The Morgan fingerprint density at radius 2 is 2.22 bits per heavy atom. The molecule has 0 bridgehead atoms. The molecular weight excluding hydrogens is 232 g/mol. The van der Waals surface area contributed by atoms with Crippen LogP contribution in [0.4, 0.5) is 0 Å². The number of aliphatic hydroxyl groups is 1. The van der Waals surface area contributed by atoms with Crippen LogP contribution in [0.1, 0.15) is 32.1 Å². The fraction of sp³-hybridized carbons (Fsp3) is 0.923. The summed E-state index contributed by atoms with van der Waals surface area (Å²) in [6.07, 6.45) is 5.17. The molecule has 4 unspecified atom stereocenters. The van der Waals surface area contributed by atoms with Gasteiger partial charge in [-0.3, -0.25) is 4.79 Å². The van der Waals surface area contributed by atoms with E-state index < -0.39 is 0 Å². The quantitative estimate of drug-likeness (QED) is 0.664. The predicted octanol–water partition coefficient (Wildman–Crippen LogP) is 0.0306. The third-order valence-corrected chi connectivity index (χ3v) is 4.21. The zero-order valence-electron chi connectivity index (χ0n) is 11.0. The molecule has 1 saturated heterocycles. The maximum atomic E-state index is 12.1. The van der Waals surface area contributed by atoms with Gasteiger partial charge in [0.15, 0.2) is 0 Å². The summed E-state index contributed by atoms with van der Waals surface area (Å²) in [6.45, 7) is 0.909. The second-order valence-corrected chi connectivity index (χ2v) is 5.40. The minimum atomic E-state index is -0.142. The number of hydrogen-bond donors (Lipinski definition) is 3. The van der Waals surface area contributed by atoms with E-state index in [-0.39, 0.29) is 36.6 Å². The van der Waals surface area contributed by atoms with Crippen molar-refractivity contribution in [2.45, 2.75) is 50.3 Å². The molecule has 5 nitrogen and oxygen atoms in total. The number of carbonyl (C=O) groups is 1. The molecule has 1 amide bonds. The van der Waals surface area contributed by atoms with Crippen LogP contribution in [-0.2, 0) is 9.53 Å². The van der Waals surface area contributed by atoms with Crippen molar-refractivity contribution in [2.24, 2.45) is 5.92 Å². The molecule has 0 aromatic heterocycles. The van der Waals surface area contributed by atoms with Crippen molar-refractivity contribution in [2.75, 3.05) is 20.3 Å². The smallest absolute Gasteiger partial charge is 0.237 e. The van der Waals surface area contributed by atoms with Crippen LogP contribution in [0.2, 0.25) is 0 Å². The zero-order valence-corrected chi connectivity index (χ0v) is 11.0. The topological polar surface area (TPSA) is 70.6 Å². The summed E-state index contributed by atoms with van der Waals surface area (Å²) < 4.78 is 5.24. The molecule has 18 heavy (non-hydrogen) atoms. The lowest BCUT2D eigenvalue weighted by Gasteiger charge is -2.31. The first-order valence-corrected chi connectivity index (χ1v) is 6.92. The van der Waals surface area contributed by atoms with E-state index in [0.29, 0.717) is 0 Å². The van der Waals surface area contributed by atoms with E-state index in [1.165, 1.54) is 0 Å². The first-order chi connectivity index (χ1) is 8.74. The van der Waals surface area contributed by atoms with Gasteiger partial charge in [-0.05, 0) is 19.3 Å². The summed E-state index contributed by atoms with van der Waals surface area (Å²) in [5.74, 6) is 0.280. The average Bonchev–Trinajstić information content (AvgIpc) is 2.88. The molecule has 4 atom stereocenters. The highest BCUT2D eigenvalue weighted by Crippen LogP contribution is 2.24. The number of ether oxygens (including phenoxy) is 1. The van der Waals surface area contributed by atoms with E-state index in [1.807, 2.05) is 0 Å². The van der Waals surface area contributed by atoms with Crippen molar-refractivity contribution in [1.29, 1.82) is 0 Å². The second-order valence-electron chi connectivity index (χ2n) is 5.40. The van der Waals surface area contributed by atoms with Gasteiger partial charge in [0, 0.05) is 32.2 Å². The third kappa shape index (κ3) is 3.22. The average molecular weight is 256 g/mol. The summed E-state index contributed by atoms with van der Waals surface area (Å²) in [5.41, 5.74) is 0. The van der Waals surface area contributed by atoms with Gasteiger partial charge in [-0.1, -0.05) is 12.8 Å². The van der Waals surface area contributed by atoms with E-state index in [9.17, 15) is 9.90 Å². The Bertz CT molecular complexity index is 285. The number of rotatable bonds is 4. The fourth-order valence-electron chi connectivity index (χ4n) is 2.98. The number of nitrogens with one attached hydrogen (secondary N) is 2. The van der Waals surface area contributed by atoms with Gasteiger partial charge in [0.25, 0.3) is 0 Å². The summed E-state index contributed by atoms with van der Waals surface area (Å²) in [6, 6.07) is -0.00383. The van der Waals surface area contributed by atoms with E-state index in [0.717, 1.165) is 38.6 Å². The van der Waals surface area contributed by atoms with Gasteiger partial charge in [0.2, 0.25) is 5.91 Å². The Kier molecular flexibility index (Phi) is 4.97. The molecule has 1 saturated carbocycles. The van der Waals surface area contributed by atoms with Crippen LogP contribution < -0.4 is 10.6 Å². The van der Waals surface area contributed by atoms with Crippen molar-refractivity contribution in [1.82, 2.24) is 10.6 Å². The molecule has 104 valence electrons. The van der Waals surface area contributed by atoms with E-state index in [1.54, 1.807) is 7.11 Å². The highest BCUT2D eigenvalue weighted by molar-refractivity contribution is 5.82. The molecular formula is C13H24N2O3. The van der Waals surface area contributed by atoms with Crippen molar-refractivity contribution in [3.8, 4) is 0 Å². The van der Waals surface area contributed by atoms with Crippen LogP contribution in [0.15, 0.2) is 0 Å². The fourth-order valence-corrected chi connectivity index (χ4v) is 2.98. The molecule has 2 aliphatic rings. The van der Waals surface area contributed by atoms with Gasteiger partial charge in [-0.2, -0.15) is 0 Å². The summed E-state index contributed by atoms with van der Waals surface area (Å²) in [4.78, 5) is 12.1. The van der Waals surface area contributed by atoms with Crippen molar-refractivity contribution in [3.05, 3.63) is 0 Å². The summed E-state index contributed by atoms with van der Waals surface area (Å²) in [5, 5.41) is 15.6. The first-order valence-electron chi connectivity index (χ1n) is 6.92. The summed E-state index contributed by atoms with van der Waals surface area (Å²) in [7, 11) is 1.68. The number of carbonyl (C=O) groups excluding carboxylic acids is 1. The molecule has 0 radical (unpaired) electrons. The SMILES string of the molecule is COC1CNC(C(=O)NC2CCCCC2CO)C1. The van der Waals surface area contributed by atoms with Crippen LogP contribution in [0.25, 0.3) is 0 Å². The van der Waals surface area contributed by atoms with Crippen molar-refractivity contribution in [3.63, 3.8) is 0 Å². The minimum absolute atomic E-state index is 0.0555. The predicted molar refractivity (Wildman–Crippen MR) is 68.2 cm³/mol. The zero-order chi connectivity index (χ0) is 13.0. The lowest BCUT2D eigenvalue weighted by molar-refractivity contribution is -0.124. The molecule has 0 aromatic rings. The Balaban J connectivity index is 1.83. The lowest BCUT2D eigenvalue weighted by Crippen LogP contribution is -2.49. The van der Waals surface area contributed by atoms with Crippen LogP contribution in [-0.4, -0.2) is 49.5 Å². The Morgan fingerprint density at radius 1 is 1.44 bits per heavy atom. The number of amides is 1. The Hall–Kier alpha value is -0.650. The Morgan fingerprint density at radius 3 is 2.89 bits per heavy atom. The van der Waals surface area contributed by atoms with Gasteiger partial charge >= 0.3 is 0 Å². The highest BCUT2D eigenvalue weighted by atomic mass is 16.5. The second kappa shape index (κ2) is 6.50. The third-order valence-electron chi connectivity index (χ3n) is 4.21.